The van der Waals surface area contributed by atoms with Gasteiger partial charge in [-0.15, -0.1) is 11.3 Å². The number of nitrogens with one attached hydrogen (secondary N) is 1. The molecule has 4 nitrogen and oxygen atoms in total. The highest BCUT2D eigenvalue weighted by Crippen LogP contribution is 2.21. The zero-order valence-corrected chi connectivity index (χ0v) is 15.0. The number of amides is 1. The highest BCUT2D eigenvalue weighted by molar-refractivity contribution is 7.09. The molecular weight excluding hydrogens is 332 g/mol. The van der Waals surface area contributed by atoms with Crippen molar-refractivity contribution >= 4 is 28.8 Å². The van der Waals surface area contributed by atoms with Gasteiger partial charge in [0.05, 0.1) is 5.01 Å². The summed E-state index contributed by atoms with van der Waals surface area (Å²) in [4.78, 5) is 16.2. The largest absolute Gasteiger partial charge is 0.484 e. The third-order valence-electron chi connectivity index (χ3n) is 3.30. The van der Waals surface area contributed by atoms with Crippen molar-refractivity contribution in [1.82, 2.24) is 10.3 Å². The number of unbranched alkanes of at least 4 members (excludes halogenated alkanes) is 1. The fraction of sp³-hybridized carbons (Fsp3) is 0.412. The van der Waals surface area contributed by atoms with E-state index in [4.69, 9.17) is 16.3 Å². The topological polar surface area (TPSA) is 51.2 Å². The molecule has 0 spiro atoms. The summed E-state index contributed by atoms with van der Waals surface area (Å²) in [5, 5.41) is 6.76. The van der Waals surface area contributed by atoms with Crippen molar-refractivity contribution in [2.24, 2.45) is 0 Å². The van der Waals surface area contributed by atoms with Crippen LogP contribution in [0.5, 0.6) is 5.75 Å². The van der Waals surface area contributed by atoms with Crippen LogP contribution in [0.15, 0.2) is 23.6 Å². The maximum absolute atomic E-state index is 11.8. The van der Waals surface area contributed by atoms with Gasteiger partial charge >= 0.3 is 0 Å². The fourth-order valence-corrected chi connectivity index (χ4v) is 3.16. The number of nitrogens with zero attached hydrogens (tertiary/aromatic N) is 1. The van der Waals surface area contributed by atoms with Gasteiger partial charge in [0.1, 0.15) is 5.75 Å². The van der Waals surface area contributed by atoms with E-state index < -0.39 is 0 Å². The quantitative estimate of drug-likeness (QED) is 0.732. The summed E-state index contributed by atoms with van der Waals surface area (Å²) in [6.45, 7) is 4.59. The molecule has 0 saturated heterocycles. The highest BCUT2D eigenvalue weighted by atomic mass is 35.5. The summed E-state index contributed by atoms with van der Waals surface area (Å²) in [6, 6.07) is 5.35. The summed E-state index contributed by atoms with van der Waals surface area (Å²) < 4.78 is 5.50. The summed E-state index contributed by atoms with van der Waals surface area (Å²) in [5.41, 5.74) is 2.00. The Labute approximate surface area is 145 Å². The molecule has 6 heteroatoms. The molecule has 1 amide bonds. The molecule has 2 rings (SSSR count). The SMILES string of the molecule is Cc1csc(CCCCNC(=O)COc2ccc(Cl)cc2C)n1. The molecule has 0 aliphatic rings. The lowest BCUT2D eigenvalue weighted by Crippen LogP contribution is -2.29. The zero-order chi connectivity index (χ0) is 16.7. The Balaban J connectivity index is 1.59. The Bertz CT molecular complexity index is 658. The fourth-order valence-electron chi connectivity index (χ4n) is 2.12. The third-order valence-corrected chi connectivity index (χ3v) is 4.56. The minimum atomic E-state index is -0.107. The first-order valence-electron chi connectivity index (χ1n) is 7.61. The van der Waals surface area contributed by atoms with E-state index in [9.17, 15) is 4.79 Å². The van der Waals surface area contributed by atoms with Crippen molar-refractivity contribution in [3.8, 4) is 5.75 Å². The predicted molar refractivity (Wildman–Crippen MR) is 94.5 cm³/mol. The smallest absolute Gasteiger partial charge is 0.257 e. The van der Waals surface area contributed by atoms with Crippen molar-refractivity contribution in [1.29, 1.82) is 0 Å². The Morgan fingerprint density at radius 3 is 2.87 bits per heavy atom. The molecule has 0 atom stereocenters. The Hall–Kier alpha value is -1.59. The normalized spacial score (nSPS) is 10.6. The lowest BCUT2D eigenvalue weighted by molar-refractivity contribution is -0.123. The number of hydrogen-bond donors (Lipinski definition) is 1. The number of carbonyl (C=O) groups is 1. The van der Waals surface area contributed by atoms with Crippen LogP contribution < -0.4 is 10.1 Å². The standard InChI is InChI=1S/C17H21ClN2O2S/c1-12-9-14(18)6-7-15(12)22-10-16(21)19-8-4-3-5-17-20-13(2)11-23-17/h6-7,9,11H,3-5,8,10H2,1-2H3,(H,19,21). The molecule has 2 aromatic rings. The molecule has 0 aliphatic carbocycles. The van der Waals surface area contributed by atoms with E-state index in [0.717, 1.165) is 35.5 Å². The van der Waals surface area contributed by atoms with Crippen LogP contribution in [0.1, 0.15) is 29.1 Å². The van der Waals surface area contributed by atoms with Gasteiger partial charge in [0.25, 0.3) is 5.91 Å². The second-order valence-electron chi connectivity index (χ2n) is 5.39. The minimum Gasteiger partial charge on any atom is -0.484 e. The van der Waals surface area contributed by atoms with Crippen LogP contribution in [0, 0.1) is 13.8 Å². The molecule has 1 heterocycles. The average molecular weight is 353 g/mol. The molecule has 1 aromatic carbocycles. The maximum atomic E-state index is 11.8. The Morgan fingerprint density at radius 2 is 2.17 bits per heavy atom. The summed E-state index contributed by atoms with van der Waals surface area (Å²) in [5.74, 6) is 0.577. The first-order chi connectivity index (χ1) is 11.0. The number of thiazole rings is 1. The van der Waals surface area contributed by atoms with Gasteiger partial charge in [-0.2, -0.15) is 0 Å². The van der Waals surface area contributed by atoms with Crippen molar-refractivity contribution < 1.29 is 9.53 Å². The van der Waals surface area contributed by atoms with E-state index in [0.29, 0.717) is 17.3 Å². The lowest BCUT2D eigenvalue weighted by atomic mass is 10.2. The van der Waals surface area contributed by atoms with Gasteiger partial charge in [0.2, 0.25) is 0 Å². The van der Waals surface area contributed by atoms with E-state index in [1.54, 1.807) is 23.5 Å². The van der Waals surface area contributed by atoms with Gasteiger partial charge in [0, 0.05) is 22.6 Å². The van der Waals surface area contributed by atoms with E-state index in [-0.39, 0.29) is 12.5 Å². The molecule has 0 radical (unpaired) electrons. The molecule has 0 saturated carbocycles. The molecule has 1 N–H and O–H groups in total. The van der Waals surface area contributed by atoms with Gasteiger partial charge in [-0.3, -0.25) is 4.79 Å². The van der Waals surface area contributed by atoms with Gasteiger partial charge in [0.15, 0.2) is 6.61 Å². The predicted octanol–water partition coefficient (Wildman–Crippen LogP) is 3.93. The van der Waals surface area contributed by atoms with Gasteiger partial charge in [-0.25, -0.2) is 4.98 Å². The zero-order valence-electron chi connectivity index (χ0n) is 13.4. The molecule has 0 bridgehead atoms. The monoisotopic (exact) mass is 352 g/mol. The van der Waals surface area contributed by atoms with Crippen molar-refractivity contribution in [2.75, 3.05) is 13.2 Å². The second kappa shape index (κ2) is 8.89. The summed E-state index contributed by atoms with van der Waals surface area (Å²) in [7, 11) is 0. The van der Waals surface area contributed by atoms with Crippen molar-refractivity contribution in [3.05, 3.63) is 44.9 Å². The number of rotatable bonds is 8. The number of carbonyl (C=O) groups excluding carboxylic acids is 1. The summed E-state index contributed by atoms with van der Waals surface area (Å²) >= 11 is 7.58. The van der Waals surface area contributed by atoms with E-state index in [2.05, 4.69) is 15.7 Å². The van der Waals surface area contributed by atoms with Crippen LogP contribution >= 0.6 is 22.9 Å². The van der Waals surface area contributed by atoms with Crippen molar-refractivity contribution in [3.63, 3.8) is 0 Å². The van der Waals surface area contributed by atoms with E-state index in [1.165, 1.54) is 0 Å². The highest BCUT2D eigenvalue weighted by Gasteiger charge is 2.05. The van der Waals surface area contributed by atoms with Crippen LogP contribution in [0.3, 0.4) is 0 Å². The first-order valence-corrected chi connectivity index (χ1v) is 8.87. The van der Waals surface area contributed by atoms with Crippen LogP contribution in [0.25, 0.3) is 0 Å². The van der Waals surface area contributed by atoms with Crippen molar-refractivity contribution in [2.45, 2.75) is 33.1 Å². The second-order valence-corrected chi connectivity index (χ2v) is 6.77. The number of ether oxygens (including phenoxy) is 1. The van der Waals surface area contributed by atoms with E-state index in [1.807, 2.05) is 19.9 Å². The molecule has 0 fully saturated rings. The van der Waals surface area contributed by atoms with Gasteiger partial charge in [-0.05, 0) is 56.9 Å². The average Bonchev–Trinajstić information content (AvgIpc) is 2.91. The van der Waals surface area contributed by atoms with E-state index >= 15 is 0 Å². The Morgan fingerprint density at radius 1 is 1.35 bits per heavy atom. The van der Waals surface area contributed by atoms with Crippen LogP contribution in [-0.4, -0.2) is 24.0 Å². The number of hydrogen-bond acceptors (Lipinski definition) is 4. The minimum absolute atomic E-state index is 0.0220. The molecule has 0 aliphatic heterocycles. The maximum Gasteiger partial charge on any atom is 0.257 e. The molecule has 0 unspecified atom stereocenters. The van der Waals surface area contributed by atoms with Crippen LogP contribution in [0.4, 0.5) is 0 Å². The lowest BCUT2D eigenvalue weighted by Gasteiger charge is -2.09. The molecular formula is C17H21ClN2O2S. The number of benzene rings is 1. The Kier molecular flexibility index (Phi) is 6.86. The number of aryl methyl sites for hydroxylation is 3. The van der Waals surface area contributed by atoms with Crippen LogP contribution in [-0.2, 0) is 11.2 Å². The summed E-state index contributed by atoms with van der Waals surface area (Å²) in [6.07, 6.45) is 2.92. The third kappa shape index (κ3) is 6.20. The molecule has 23 heavy (non-hydrogen) atoms. The number of aromatic nitrogens is 1. The van der Waals surface area contributed by atoms with Crippen LogP contribution in [0.2, 0.25) is 5.02 Å². The molecule has 124 valence electrons. The number of halogens is 1. The van der Waals surface area contributed by atoms with Gasteiger partial charge < -0.3 is 10.1 Å². The molecule has 1 aromatic heterocycles. The van der Waals surface area contributed by atoms with Gasteiger partial charge in [-0.1, -0.05) is 11.6 Å². The first kappa shape index (κ1) is 17.8.